The van der Waals surface area contributed by atoms with Gasteiger partial charge in [-0.25, -0.2) is 4.98 Å². The van der Waals surface area contributed by atoms with Crippen LogP contribution in [-0.2, 0) is 11.2 Å². The number of nitrogens with one attached hydrogen (secondary N) is 1. The molecule has 17 heavy (non-hydrogen) atoms. The van der Waals surface area contributed by atoms with E-state index in [1.165, 1.54) is 6.42 Å². The number of fused-ring (bicyclic) bond motifs is 1. The molecule has 0 spiro atoms. The maximum absolute atomic E-state index is 6.20. The zero-order valence-electron chi connectivity index (χ0n) is 10.1. The molecule has 1 aliphatic heterocycles. The van der Waals surface area contributed by atoms with Gasteiger partial charge in [-0.3, -0.25) is 0 Å². The van der Waals surface area contributed by atoms with Crippen LogP contribution < -0.4 is 11.1 Å². The predicted molar refractivity (Wildman–Crippen MR) is 69.3 cm³/mol. The minimum Gasteiger partial charge on any atom is -0.376 e. The lowest BCUT2D eigenvalue weighted by Gasteiger charge is -2.52. The molecule has 1 saturated heterocycles. The second-order valence-electron chi connectivity index (χ2n) is 4.89. The highest BCUT2D eigenvalue weighted by Gasteiger charge is 2.50. The van der Waals surface area contributed by atoms with E-state index in [4.69, 9.17) is 10.5 Å². The zero-order valence-corrected chi connectivity index (χ0v) is 10.9. The van der Waals surface area contributed by atoms with Crippen molar-refractivity contribution in [3.63, 3.8) is 0 Å². The summed E-state index contributed by atoms with van der Waals surface area (Å²) in [5, 5.41) is 6.52. The second kappa shape index (κ2) is 4.55. The van der Waals surface area contributed by atoms with Gasteiger partial charge in [0.1, 0.15) is 0 Å². The smallest absolute Gasteiger partial charge is 0.183 e. The van der Waals surface area contributed by atoms with Crippen molar-refractivity contribution < 1.29 is 4.74 Å². The Morgan fingerprint density at radius 3 is 3.29 bits per heavy atom. The molecule has 2 fully saturated rings. The number of rotatable bonds is 3. The average Bonchev–Trinajstić information content (AvgIpc) is 2.83. The van der Waals surface area contributed by atoms with Crippen molar-refractivity contribution in [1.29, 1.82) is 0 Å². The van der Waals surface area contributed by atoms with Crippen LogP contribution in [-0.4, -0.2) is 29.8 Å². The first-order chi connectivity index (χ1) is 8.29. The first-order valence-electron chi connectivity index (χ1n) is 6.37. The number of ether oxygens (including phenoxy) is 1. The molecule has 2 heterocycles. The number of nitrogens with two attached hydrogens (primary N) is 1. The lowest BCUT2D eigenvalue weighted by Crippen LogP contribution is -2.69. The molecule has 4 nitrogen and oxygen atoms in total. The second-order valence-corrected chi connectivity index (χ2v) is 5.74. The van der Waals surface area contributed by atoms with Crippen molar-refractivity contribution in [2.24, 2.45) is 11.7 Å². The molecule has 4 unspecified atom stereocenters. The van der Waals surface area contributed by atoms with Gasteiger partial charge in [0, 0.05) is 23.9 Å². The Kier molecular flexibility index (Phi) is 3.06. The quantitative estimate of drug-likeness (QED) is 0.859. The Morgan fingerprint density at radius 2 is 2.53 bits per heavy atom. The zero-order chi connectivity index (χ0) is 11.8. The van der Waals surface area contributed by atoms with Crippen LogP contribution in [0.25, 0.3) is 0 Å². The molecule has 3 rings (SSSR count). The highest BCUT2D eigenvalue weighted by Crippen LogP contribution is 2.38. The summed E-state index contributed by atoms with van der Waals surface area (Å²) >= 11 is 1.66. The standard InChI is InChI=1S/C12H19N3OS/c1-2-7-6-17-12(14-7)15-10-9(13)8-4-3-5-16-11(8)10/h6,8-11H,2-5,13H2,1H3,(H,14,15). The summed E-state index contributed by atoms with van der Waals surface area (Å²) in [7, 11) is 0. The van der Waals surface area contributed by atoms with Crippen molar-refractivity contribution >= 4 is 16.5 Å². The Bertz CT molecular complexity index is 395. The number of aryl methyl sites for hydroxylation is 1. The van der Waals surface area contributed by atoms with Crippen molar-refractivity contribution in [2.45, 2.75) is 44.4 Å². The maximum Gasteiger partial charge on any atom is 0.183 e. The van der Waals surface area contributed by atoms with E-state index in [1.807, 2.05) is 0 Å². The lowest BCUT2D eigenvalue weighted by atomic mass is 9.69. The van der Waals surface area contributed by atoms with Crippen LogP contribution in [0.15, 0.2) is 5.38 Å². The van der Waals surface area contributed by atoms with Crippen LogP contribution in [0.4, 0.5) is 5.13 Å². The van der Waals surface area contributed by atoms with Gasteiger partial charge in [0.05, 0.1) is 17.8 Å². The Labute approximate surface area is 106 Å². The number of nitrogens with zero attached hydrogens (tertiary/aromatic N) is 1. The van der Waals surface area contributed by atoms with Gasteiger partial charge < -0.3 is 15.8 Å². The highest BCUT2D eigenvalue weighted by molar-refractivity contribution is 7.13. The van der Waals surface area contributed by atoms with E-state index in [0.717, 1.165) is 30.3 Å². The third-order valence-electron chi connectivity index (χ3n) is 3.88. The molecule has 3 N–H and O–H groups in total. The highest BCUT2D eigenvalue weighted by atomic mass is 32.1. The minimum absolute atomic E-state index is 0.217. The van der Waals surface area contributed by atoms with Gasteiger partial charge in [0.15, 0.2) is 5.13 Å². The maximum atomic E-state index is 6.20. The first-order valence-corrected chi connectivity index (χ1v) is 7.25. The SMILES string of the molecule is CCc1csc(NC2C(N)C3CCCOC32)n1. The predicted octanol–water partition coefficient (Wildman–Crippen LogP) is 1.62. The van der Waals surface area contributed by atoms with Crippen LogP contribution in [0.5, 0.6) is 0 Å². The normalized spacial score (nSPS) is 36.1. The van der Waals surface area contributed by atoms with E-state index in [-0.39, 0.29) is 12.1 Å². The van der Waals surface area contributed by atoms with Gasteiger partial charge in [-0.2, -0.15) is 0 Å². The molecule has 5 heteroatoms. The van der Waals surface area contributed by atoms with Crippen molar-refractivity contribution in [3.05, 3.63) is 11.1 Å². The fourth-order valence-corrected chi connectivity index (χ4v) is 3.65. The monoisotopic (exact) mass is 253 g/mol. The summed E-state index contributed by atoms with van der Waals surface area (Å²) in [6.45, 7) is 3.00. The van der Waals surface area contributed by atoms with Gasteiger partial charge in [-0.15, -0.1) is 11.3 Å². The van der Waals surface area contributed by atoms with Crippen molar-refractivity contribution in [2.75, 3.05) is 11.9 Å². The van der Waals surface area contributed by atoms with Gasteiger partial charge in [0.25, 0.3) is 0 Å². The van der Waals surface area contributed by atoms with Crippen molar-refractivity contribution in [3.8, 4) is 0 Å². The van der Waals surface area contributed by atoms with Gasteiger partial charge in [-0.1, -0.05) is 6.92 Å². The Morgan fingerprint density at radius 1 is 1.65 bits per heavy atom. The van der Waals surface area contributed by atoms with Crippen LogP contribution in [0, 0.1) is 5.92 Å². The molecule has 2 aliphatic rings. The van der Waals surface area contributed by atoms with E-state index >= 15 is 0 Å². The molecular weight excluding hydrogens is 234 g/mol. The molecule has 4 atom stereocenters. The van der Waals surface area contributed by atoms with Crippen LogP contribution in [0.3, 0.4) is 0 Å². The first kappa shape index (κ1) is 11.4. The number of hydrogen-bond donors (Lipinski definition) is 2. The third kappa shape index (κ3) is 1.96. The summed E-state index contributed by atoms with van der Waals surface area (Å²) in [6, 6.07) is 0.463. The van der Waals surface area contributed by atoms with Crippen LogP contribution >= 0.6 is 11.3 Å². The van der Waals surface area contributed by atoms with Gasteiger partial charge >= 0.3 is 0 Å². The van der Waals surface area contributed by atoms with E-state index in [9.17, 15) is 0 Å². The fraction of sp³-hybridized carbons (Fsp3) is 0.750. The summed E-state index contributed by atoms with van der Waals surface area (Å²) in [5.41, 5.74) is 7.34. The molecule has 0 amide bonds. The number of hydrogen-bond acceptors (Lipinski definition) is 5. The summed E-state index contributed by atoms with van der Waals surface area (Å²) in [5.74, 6) is 0.548. The van der Waals surface area contributed by atoms with Gasteiger partial charge in [0.2, 0.25) is 0 Å². The molecule has 0 radical (unpaired) electrons. The lowest BCUT2D eigenvalue weighted by molar-refractivity contribution is -0.104. The van der Waals surface area contributed by atoms with Gasteiger partial charge in [-0.05, 0) is 19.3 Å². The van der Waals surface area contributed by atoms with E-state index in [2.05, 4.69) is 22.6 Å². The van der Waals surface area contributed by atoms with E-state index in [0.29, 0.717) is 12.0 Å². The Balaban J connectivity index is 1.65. The molecule has 0 aromatic carbocycles. The molecular formula is C12H19N3OS. The van der Waals surface area contributed by atoms with Crippen LogP contribution in [0.2, 0.25) is 0 Å². The average molecular weight is 253 g/mol. The topological polar surface area (TPSA) is 60.2 Å². The molecule has 1 aromatic rings. The number of aromatic nitrogens is 1. The van der Waals surface area contributed by atoms with Crippen LogP contribution in [0.1, 0.15) is 25.5 Å². The molecule has 1 saturated carbocycles. The number of anilines is 1. The fourth-order valence-electron chi connectivity index (χ4n) is 2.80. The third-order valence-corrected chi connectivity index (χ3v) is 4.70. The van der Waals surface area contributed by atoms with E-state index < -0.39 is 0 Å². The molecule has 0 bridgehead atoms. The number of thiazole rings is 1. The van der Waals surface area contributed by atoms with E-state index in [1.54, 1.807) is 11.3 Å². The van der Waals surface area contributed by atoms with Crippen molar-refractivity contribution in [1.82, 2.24) is 4.98 Å². The molecule has 94 valence electrons. The molecule has 1 aliphatic carbocycles. The Hall–Kier alpha value is -0.650. The molecule has 1 aromatic heterocycles. The minimum atomic E-state index is 0.217. The summed E-state index contributed by atoms with van der Waals surface area (Å²) in [6.07, 6.45) is 3.64. The summed E-state index contributed by atoms with van der Waals surface area (Å²) < 4.78 is 5.80. The summed E-state index contributed by atoms with van der Waals surface area (Å²) in [4.78, 5) is 4.52. The largest absolute Gasteiger partial charge is 0.376 e.